The van der Waals surface area contributed by atoms with E-state index in [0.29, 0.717) is 40.6 Å². The molecule has 5 rings (SSSR count). The van der Waals surface area contributed by atoms with Crippen molar-refractivity contribution in [2.75, 3.05) is 5.32 Å². The zero-order chi connectivity index (χ0) is 24.0. The van der Waals surface area contributed by atoms with E-state index in [0.717, 1.165) is 11.1 Å². The summed E-state index contributed by atoms with van der Waals surface area (Å²) in [5, 5.41) is 5.89. The average Bonchev–Trinajstić information content (AvgIpc) is 3.32. The lowest BCUT2D eigenvalue weighted by atomic mass is 10.2. The first-order chi connectivity index (χ1) is 17.1. The van der Waals surface area contributed by atoms with Crippen LogP contribution in [0.4, 0.5) is 5.69 Å². The van der Waals surface area contributed by atoms with Crippen LogP contribution in [0.2, 0.25) is 0 Å². The monoisotopic (exact) mass is 480 g/mol. The van der Waals surface area contributed by atoms with Crippen molar-refractivity contribution >= 4 is 40.0 Å². The van der Waals surface area contributed by atoms with E-state index in [1.807, 2.05) is 48.5 Å². The van der Waals surface area contributed by atoms with Crippen molar-refractivity contribution in [1.29, 1.82) is 0 Å². The molecule has 35 heavy (non-hydrogen) atoms. The van der Waals surface area contributed by atoms with Gasteiger partial charge >= 0.3 is 0 Å². The van der Waals surface area contributed by atoms with Gasteiger partial charge in [-0.3, -0.25) is 15.1 Å². The highest BCUT2D eigenvalue weighted by Crippen LogP contribution is 2.26. The number of rotatable bonds is 6. The molecule has 5 aromatic rings. The van der Waals surface area contributed by atoms with Gasteiger partial charge in [-0.1, -0.05) is 36.4 Å². The number of anilines is 1. The van der Waals surface area contributed by atoms with E-state index >= 15 is 0 Å². The first-order valence-corrected chi connectivity index (χ1v) is 11.2. The minimum atomic E-state index is -0.338. The molecule has 0 saturated carbocycles. The fourth-order valence-corrected chi connectivity index (χ4v) is 3.64. The predicted octanol–water partition coefficient (Wildman–Crippen LogP) is 5.60. The fraction of sp³-hybridized carbons (Fsp3) is 0.0370. The van der Waals surface area contributed by atoms with Crippen LogP contribution in [0.1, 0.15) is 15.9 Å². The van der Waals surface area contributed by atoms with Crippen LogP contribution in [0.3, 0.4) is 0 Å². The number of benzene rings is 3. The van der Waals surface area contributed by atoms with Crippen molar-refractivity contribution < 1.29 is 13.9 Å². The summed E-state index contributed by atoms with van der Waals surface area (Å²) in [6.07, 6.45) is 3.37. The smallest absolute Gasteiger partial charge is 0.257 e. The number of pyridine rings is 1. The molecular weight excluding hydrogens is 460 g/mol. The zero-order valence-corrected chi connectivity index (χ0v) is 19.3. The van der Waals surface area contributed by atoms with E-state index in [1.165, 1.54) is 0 Å². The Morgan fingerprint density at radius 2 is 1.77 bits per heavy atom. The maximum atomic E-state index is 12.7. The zero-order valence-electron chi connectivity index (χ0n) is 18.5. The van der Waals surface area contributed by atoms with Crippen LogP contribution >= 0.6 is 12.2 Å². The quantitative estimate of drug-likeness (QED) is 0.306. The molecule has 0 atom stereocenters. The minimum Gasteiger partial charge on any atom is -0.489 e. The Morgan fingerprint density at radius 1 is 0.943 bits per heavy atom. The number of nitrogens with zero attached hydrogens (tertiary/aromatic N) is 2. The summed E-state index contributed by atoms with van der Waals surface area (Å²) in [6, 6.07) is 25.9. The van der Waals surface area contributed by atoms with Gasteiger partial charge in [0.1, 0.15) is 17.9 Å². The molecule has 0 aliphatic carbocycles. The van der Waals surface area contributed by atoms with Gasteiger partial charge in [-0.2, -0.15) is 0 Å². The van der Waals surface area contributed by atoms with Gasteiger partial charge in [0.25, 0.3) is 5.91 Å². The first kappa shape index (κ1) is 22.2. The SMILES string of the molecule is O=C(NC(=S)Nc1ccc2oc(-c3ccncc3)nc2c1)c1cccc(OCc2ccccc2)c1. The molecule has 0 fully saturated rings. The summed E-state index contributed by atoms with van der Waals surface area (Å²) in [7, 11) is 0. The number of fused-ring (bicyclic) bond motifs is 1. The normalized spacial score (nSPS) is 10.6. The third kappa shape index (κ3) is 5.51. The van der Waals surface area contributed by atoms with Crippen LogP contribution < -0.4 is 15.4 Å². The van der Waals surface area contributed by atoms with Crippen LogP contribution in [0, 0.1) is 0 Å². The summed E-state index contributed by atoms with van der Waals surface area (Å²) in [4.78, 5) is 21.3. The number of hydrogen-bond acceptors (Lipinski definition) is 6. The molecule has 0 bridgehead atoms. The molecule has 0 saturated heterocycles. The molecule has 1 amide bonds. The second kappa shape index (κ2) is 10.1. The van der Waals surface area contributed by atoms with E-state index in [2.05, 4.69) is 20.6 Å². The summed E-state index contributed by atoms with van der Waals surface area (Å²) in [5.74, 6) is 0.766. The molecule has 3 aromatic carbocycles. The molecule has 0 spiro atoms. The van der Waals surface area contributed by atoms with E-state index in [1.54, 1.807) is 48.8 Å². The van der Waals surface area contributed by atoms with Crippen molar-refractivity contribution in [3.63, 3.8) is 0 Å². The predicted molar refractivity (Wildman–Crippen MR) is 138 cm³/mol. The van der Waals surface area contributed by atoms with Gasteiger partial charge in [0.2, 0.25) is 5.89 Å². The van der Waals surface area contributed by atoms with Gasteiger partial charge < -0.3 is 14.5 Å². The van der Waals surface area contributed by atoms with Crippen LogP contribution in [0.25, 0.3) is 22.6 Å². The maximum Gasteiger partial charge on any atom is 0.257 e. The average molecular weight is 481 g/mol. The van der Waals surface area contributed by atoms with Crippen molar-refractivity contribution in [1.82, 2.24) is 15.3 Å². The third-order valence-electron chi connectivity index (χ3n) is 5.14. The molecule has 2 aromatic heterocycles. The Kier molecular flexibility index (Phi) is 6.45. The van der Waals surface area contributed by atoms with Crippen molar-refractivity contribution in [3.8, 4) is 17.2 Å². The Bertz CT molecular complexity index is 1490. The molecule has 7 nitrogen and oxygen atoms in total. The van der Waals surface area contributed by atoms with Gasteiger partial charge in [0, 0.05) is 29.2 Å². The summed E-state index contributed by atoms with van der Waals surface area (Å²) >= 11 is 5.34. The number of carbonyl (C=O) groups excluding carboxylic acids is 1. The van der Waals surface area contributed by atoms with Crippen LogP contribution in [0.15, 0.2) is 102 Å². The maximum absolute atomic E-state index is 12.7. The minimum absolute atomic E-state index is 0.169. The van der Waals surface area contributed by atoms with E-state index in [9.17, 15) is 4.79 Å². The number of hydrogen-bond donors (Lipinski definition) is 2. The lowest BCUT2D eigenvalue weighted by molar-refractivity contribution is 0.0977. The number of carbonyl (C=O) groups is 1. The van der Waals surface area contributed by atoms with Crippen molar-refractivity contribution in [2.45, 2.75) is 6.61 Å². The van der Waals surface area contributed by atoms with Crippen molar-refractivity contribution in [3.05, 3.63) is 108 Å². The van der Waals surface area contributed by atoms with E-state index in [-0.39, 0.29) is 11.0 Å². The molecule has 2 N–H and O–H groups in total. The molecule has 172 valence electrons. The highest BCUT2D eigenvalue weighted by atomic mass is 32.1. The Morgan fingerprint density at radius 3 is 2.60 bits per heavy atom. The first-order valence-electron chi connectivity index (χ1n) is 10.8. The second-order valence-electron chi connectivity index (χ2n) is 7.65. The number of ether oxygens (including phenoxy) is 1. The van der Waals surface area contributed by atoms with Crippen LogP contribution in [0.5, 0.6) is 5.75 Å². The lowest BCUT2D eigenvalue weighted by Gasteiger charge is -2.11. The number of aromatic nitrogens is 2. The second-order valence-corrected chi connectivity index (χ2v) is 8.06. The molecule has 8 heteroatoms. The van der Waals surface area contributed by atoms with Crippen LogP contribution in [-0.4, -0.2) is 21.0 Å². The number of thiocarbonyl (C=S) groups is 1. The van der Waals surface area contributed by atoms with Gasteiger partial charge in [0.15, 0.2) is 10.7 Å². The van der Waals surface area contributed by atoms with Gasteiger partial charge in [-0.05, 0) is 66.3 Å². The standard InChI is InChI=1S/C27H20N4O3S/c32-25(20-7-4-8-22(15-20)33-17-18-5-2-1-3-6-18)31-27(35)29-21-9-10-24-23(16-21)30-26(34-24)19-11-13-28-14-12-19/h1-16H,17H2,(H2,29,31,32,35). The molecule has 0 unspecified atom stereocenters. The van der Waals surface area contributed by atoms with E-state index < -0.39 is 0 Å². The largest absolute Gasteiger partial charge is 0.489 e. The fourth-order valence-electron chi connectivity index (χ4n) is 3.43. The van der Waals surface area contributed by atoms with Crippen molar-refractivity contribution in [2.24, 2.45) is 0 Å². The van der Waals surface area contributed by atoms with Gasteiger partial charge in [-0.25, -0.2) is 4.98 Å². The molecule has 2 heterocycles. The Balaban J connectivity index is 1.21. The molecular formula is C27H20N4O3S. The lowest BCUT2D eigenvalue weighted by Crippen LogP contribution is -2.34. The number of amides is 1. The Labute approximate surface area is 206 Å². The Hall–Kier alpha value is -4.56. The summed E-state index contributed by atoms with van der Waals surface area (Å²) in [5.41, 5.74) is 4.31. The molecule has 0 radical (unpaired) electrons. The summed E-state index contributed by atoms with van der Waals surface area (Å²) in [6.45, 7) is 0.416. The van der Waals surface area contributed by atoms with Gasteiger partial charge in [-0.15, -0.1) is 0 Å². The highest BCUT2D eigenvalue weighted by Gasteiger charge is 2.12. The van der Waals surface area contributed by atoms with Gasteiger partial charge in [0.05, 0.1) is 0 Å². The van der Waals surface area contributed by atoms with Crippen LogP contribution in [-0.2, 0) is 6.61 Å². The summed E-state index contributed by atoms with van der Waals surface area (Å²) < 4.78 is 11.6. The molecule has 0 aliphatic heterocycles. The molecule has 0 aliphatic rings. The topological polar surface area (TPSA) is 89.3 Å². The number of nitrogens with one attached hydrogen (secondary N) is 2. The van der Waals surface area contributed by atoms with E-state index in [4.69, 9.17) is 21.4 Å². The third-order valence-corrected chi connectivity index (χ3v) is 5.35. The highest BCUT2D eigenvalue weighted by molar-refractivity contribution is 7.80. The number of oxazole rings is 1.